The summed E-state index contributed by atoms with van der Waals surface area (Å²) in [5, 5.41) is 13.3. The van der Waals surface area contributed by atoms with E-state index in [1.54, 1.807) is 6.20 Å². The number of hydrogen-bond donors (Lipinski definition) is 3. The van der Waals surface area contributed by atoms with E-state index in [1.807, 2.05) is 36.7 Å². The number of aromatic nitrogens is 2. The molecule has 0 saturated heterocycles. The maximum Gasteiger partial charge on any atom is 0.323 e. The molecule has 2 amide bonds. The number of carbonyl (C=O) groups is 1. The number of hydrogen-bond acceptors (Lipinski definition) is 4. The Morgan fingerprint density at radius 1 is 1.42 bits per heavy atom. The highest BCUT2D eigenvalue weighted by molar-refractivity contribution is 6.02. The van der Waals surface area contributed by atoms with Crippen LogP contribution in [0.4, 0.5) is 22.0 Å². The van der Waals surface area contributed by atoms with Gasteiger partial charge in [0.25, 0.3) is 0 Å². The highest BCUT2D eigenvalue weighted by Gasteiger charge is 2.20. The zero-order valence-electron chi connectivity index (χ0n) is 14.2. The van der Waals surface area contributed by atoms with E-state index in [-0.39, 0.29) is 6.03 Å². The predicted molar refractivity (Wildman–Crippen MR) is 94.9 cm³/mol. The number of nitrogens with one attached hydrogen (secondary N) is 3. The molecule has 24 heavy (non-hydrogen) atoms. The van der Waals surface area contributed by atoms with Crippen molar-refractivity contribution in [2.45, 2.75) is 27.3 Å². The van der Waals surface area contributed by atoms with E-state index in [4.69, 9.17) is 4.74 Å². The third-order valence-electron chi connectivity index (χ3n) is 3.88. The number of nitrogens with zero attached hydrogens (tertiary/aromatic N) is 2. The lowest BCUT2D eigenvalue weighted by Gasteiger charge is -2.22. The monoisotopic (exact) mass is 329 g/mol. The molecule has 0 bridgehead atoms. The lowest BCUT2D eigenvalue weighted by atomic mass is 10.1. The summed E-state index contributed by atoms with van der Waals surface area (Å²) in [5.74, 6) is 2.02. The van der Waals surface area contributed by atoms with E-state index in [9.17, 15) is 4.79 Å². The predicted octanol–water partition coefficient (Wildman–Crippen LogP) is 3.30. The number of ether oxygens (including phenoxy) is 1. The molecule has 0 fully saturated rings. The van der Waals surface area contributed by atoms with Gasteiger partial charge in [-0.25, -0.2) is 9.48 Å². The van der Waals surface area contributed by atoms with Crippen molar-refractivity contribution in [3.8, 4) is 5.75 Å². The third-order valence-corrected chi connectivity index (χ3v) is 3.88. The number of benzene rings is 1. The summed E-state index contributed by atoms with van der Waals surface area (Å²) in [6.07, 6.45) is 1.67. The minimum Gasteiger partial charge on any atom is -0.492 e. The first kappa shape index (κ1) is 16.2. The fourth-order valence-electron chi connectivity index (χ4n) is 2.72. The van der Waals surface area contributed by atoms with Crippen molar-refractivity contribution in [3.05, 3.63) is 30.0 Å². The molecule has 1 atom stereocenters. The van der Waals surface area contributed by atoms with E-state index >= 15 is 0 Å². The maximum absolute atomic E-state index is 12.3. The summed E-state index contributed by atoms with van der Waals surface area (Å²) in [4.78, 5) is 12.3. The summed E-state index contributed by atoms with van der Waals surface area (Å²) >= 11 is 0. The second kappa shape index (κ2) is 6.82. The fraction of sp³-hybridized carbons (Fsp3) is 0.412. The van der Waals surface area contributed by atoms with Crippen LogP contribution in [-0.2, 0) is 6.54 Å². The summed E-state index contributed by atoms with van der Waals surface area (Å²) in [5.41, 5.74) is 2.39. The van der Waals surface area contributed by atoms with Gasteiger partial charge in [-0.3, -0.25) is 0 Å². The van der Waals surface area contributed by atoms with Gasteiger partial charge in [-0.2, -0.15) is 5.10 Å². The van der Waals surface area contributed by atoms with Crippen LogP contribution in [0, 0.1) is 12.8 Å². The van der Waals surface area contributed by atoms with Crippen molar-refractivity contribution < 1.29 is 9.53 Å². The van der Waals surface area contributed by atoms with E-state index in [0.717, 1.165) is 24.5 Å². The largest absolute Gasteiger partial charge is 0.492 e. The molecule has 1 aromatic carbocycles. The van der Waals surface area contributed by atoms with Gasteiger partial charge < -0.3 is 20.7 Å². The van der Waals surface area contributed by atoms with Crippen molar-refractivity contribution in [2.24, 2.45) is 5.92 Å². The van der Waals surface area contributed by atoms with Gasteiger partial charge in [-0.15, -0.1) is 0 Å². The molecular weight excluding hydrogens is 306 g/mol. The van der Waals surface area contributed by atoms with Crippen LogP contribution in [0.5, 0.6) is 5.75 Å². The smallest absolute Gasteiger partial charge is 0.323 e. The normalized spacial score (nSPS) is 16.0. The second-order valence-electron chi connectivity index (χ2n) is 6.09. The lowest BCUT2D eigenvalue weighted by molar-refractivity contribution is 0.262. The third kappa shape index (κ3) is 3.45. The molecule has 1 aromatic heterocycles. The molecule has 3 N–H and O–H groups in total. The molecule has 0 radical (unpaired) electrons. The Kier molecular flexibility index (Phi) is 4.59. The highest BCUT2D eigenvalue weighted by Crippen LogP contribution is 2.28. The van der Waals surface area contributed by atoms with Crippen molar-refractivity contribution in [1.82, 2.24) is 9.78 Å². The average molecular weight is 329 g/mol. The molecule has 0 spiro atoms. The van der Waals surface area contributed by atoms with E-state index < -0.39 is 0 Å². The number of rotatable bonds is 4. The van der Waals surface area contributed by atoms with E-state index in [2.05, 4.69) is 28.0 Å². The SMILES string of the molecule is CCOc1cc(C)ccc1NC(=O)Nc1cnn2c1NCC(C)C2. The topological polar surface area (TPSA) is 80.2 Å². The van der Waals surface area contributed by atoms with Crippen molar-refractivity contribution in [2.75, 3.05) is 29.1 Å². The van der Waals surface area contributed by atoms with Crippen LogP contribution in [0.25, 0.3) is 0 Å². The Morgan fingerprint density at radius 3 is 3.00 bits per heavy atom. The molecule has 0 saturated carbocycles. The van der Waals surface area contributed by atoms with Crippen molar-refractivity contribution in [1.29, 1.82) is 0 Å². The highest BCUT2D eigenvalue weighted by atomic mass is 16.5. The van der Waals surface area contributed by atoms with Crippen LogP contribution < -0.4 is 20.7 Å². The van der Waals surface area contributed by atoms with Crippen LogP contribution >= 0.6 is 0 Å². The fourth-order valence-corrected chi connectivity index (χ4v) is 2.72. The minimum atomic E-state index is -0.323. The summed E-state index contributed by atoms with van der Waals surface area (Å²) in [6.45, 7) is 8.31. The molecule has 2 aromatic rings. The summed E-state index contributed by atoms with van der Waals surface area (Å²) < 4.78 is 7.46. The van der Waals surface area contributed by atoms with Crippen molar-refractivity contribution in [3.63, 3.8) is 0 Å². The van der Waals surface area contributed by atoms with E-state index in [0.29, 0.717) is 29.6 Å². The van der Waals surface area contributed by atoms with Crippen LogP contribution in [0.15, 0.2) is 24.4 Å². The number of carbonyl (C=O) groups excluding carboxylic acids is 1. The maximum atomic E-state index is 12.3. The van der Waals surface area contributed by atoms with Crippen LogP contribution in [-0.4, -0.2) is 29.0 Å². The van der Waals surface area contributed by atoms with Gasteiger partial charge in [-0.05, 0) is 37.5 Å². The van der Waals surface area contributed by atoms with Gasteiger partial charge in [0.05, 0.1) is 18.5 Å². The number of urea groups is 1. The van der Waals surface area contributed by atoms with Crippen LogP contribution in [0.2, 0.25) is 0 Å². The first-order valence-corrected chi connectivity index (χ1v) is 8.18. The summed E-state index contributed by atoms with van der Waals surface area (Å²) in [6, 6.07) is 5.36. The number of amides is 2. The van der Waals surface area contributed by atoms with Gasteiger partial charge in [0.1, 0.15) is 17.3 Å². The Balaban J connectivity index is 1.71. The standard InChI is InChI=1S/C17H23N5O2/c1-4-24-15-7-11(2)5-6-13(15)20-17(23)21-14-9-19-22-10-12(3)8-18-16(14)22/h5-7,9,12,18H,4,8,10H2,1-3H3,(H2,20,21,23). The number of anilines is 3. The van der Waals surface area contributed by atoms with Crippen LogP contribution in [0.3, 0.4) is 0 Å². The Hall–Kier alpha value is -2.70. The lowest BCUT2D eigenvalue weighted by Crippen LogP contribution is -2.27. The van der Waals surface area contributed by atoms with Gasteiger partial charge in [-0.1, -0.05) is 13.0 Å². The number of aryl methyl sites for hydroxylation is 1. The molecule has 7 heteroatoms. The molecule has 0 aliphatic carbocycles. The van der Waals surface area contributed by atoms with Crippen LogP contribution in [0.1, 0.15) is 19.4 Å². The molecular formula is C17H23N5O2. The molecule has 7 nitrogen and oxygen atoms in total. The zero-order chi connectivity index (χ0) is 17.1. The number of fused-ring (bicyclic) bond motifs is 1. The Bertz CT molecular complexity index is 741. The zero-order valence-corrected chi connectivity index (χ0v) is 14.2. The molecule has 1 aliphatic rings. The van der Waals surface area contributed by atoms with Gasteiger partial charge in [0.15, 0.2) is 0 Å². The Labute approximate surface area is 141 Å². The molecule has 3 rings (SSSR count). The van der Waals surface area contributed by atoms with Gasteiger partial charge in [0.2, 0.25) is 0 Å². The van der Waals surface area contributed by atoms with E-state index in [1.165, 1.54) is 0 Å². The second-order valence-corrected chi connectivity index (χ2v) is 6.09. The minimum absolute atomic E-state index is 0.323. The first-order chi connectivity index (χ1) is 11.6. The first-order valence-electron chi connectivity index (χ1n) is 8.18. The van der Waals surface area contributed by atoms with Gasteiger partial charge in [0, 0.05) is 13.1 Å². The molecule has 1 aliphatic heterocycles. The molecule has 128 valence electrons. The summed E-state index contributed by atoms with van der Waals surface area (Å²) in [7, 11) is 0. The van der Waals surface area contributed by atoms with Gasteiger partial charge >= 0.3 is 6.03 Å². The quantitative estimate of drug-likeness (QED) is 0.804. The Morgan fingerprint density at radius 2 is 2.21 bits per heavy atom. The molecule has 1 unspecified atom stereocenters. The molecule has 2 heterocycles. The average Bonchev–Trinajstić information content (AvgIpc) is 2.92. The van der Waals surface area contributed by atoms with Crippen molar-refractivity contribution >= 4 is 23.2 Å².